The number of aromatic amines is 2. The largest absolute Gasteiger partial charge is 0.497 e. The number of aryl methyl sites for hydroxylation is 3. The Morgan fingerprint density at radius 2 is 0.845 bits per heavy atom. The lowest BCUT2D eigenvalue weighted by atomic mass is 9.74. The number of nitrogens with zero attached hydrogens (tertiary/aromatic N) is 18. The molecule has 26 heteroatoms. The number of rotatable bonds is 22. The number of aliphatic imine (C=N–C) groups is 2. The molecule has 10 aliphatic rings. The van der Waals surface area contributed by atoms with Crippen LogP contribution in [0.2, 0.25) is 0 Å². The Labute approximate surface area is 866 Å². The van der Waals surface area contributed by atoms with Crippen LogP contribution in [0.1, 0.15) is 210 Å². The van der Waals surface area contributed by atoms with Crippen LogP contribution < -0.4 is 48.0 Å². The lowest BCUT2D eigenvalue weighted by Crippen LogP contribution is -2.43. The molecule has 750 valence electrons. The maximum atomic E-state index is 5.53. The van der Waals surface area contributed by atoms with Gasteiger partial charge in [0, 0.05) is 218 Å². The van der Waals surface area contributed by atoms with Crippen molar-refractivity contribution in [1.29, 1.82) is 0 Å². The van der Waals surface area contributed by atoms with Crippen LogP contribution in [-0.4, -0.2) is 176 Å². The van der Waals surface area contributed by atoms with Gasteiger partial charge in [0.15, 0.2) is 11.5 Å². The van der Waals surface area contributed by atoms with Gasteiger partial charge in [-0.15, -0.1) is 6.42 Å². The number of fused-ring (bicyclic) bond motifs is 4. The molecule has 14 heterocycles. The normalized spacial score (nSPS) is 16.9. The Morgan fingerprint density at radius 1 is 0.392 bits per heavy atom. The number of nitrogens with one attached hydrogen (secondary N) is 2. The molecule has 0 unspecified atom stereocenters. The fourth-order valence-electron chi connectivity index (χ4n) is 22.7. The van der Waals surface area contributed by atoms with E-state index in [1.807, 2.05) is 96.8 Å². The Morgan fingerprint density at radius 3 is 1.31 bits per heavy atom. The first-order valence-electron chi connectivity index (χ1n) is 51.4. The molecule has 6 aromatic carbocycles. The number of terminal acetylenes is 1. The predicted octanol–water partition coefficient (Wildman–Crippen LogP) is 23.0. The van der Waals surface area contributed by atoms with E-state index in [4.69, 9.17) is 69.7 Å². The molecule has 0 amide bonds. The molecule has 4 fully saturated rings. The van der Waals surface area contributed by atoms with E-state index >= 15 is 0 Å². The summed E-state index contributed by atoms with van der Waals surface area (Å²) in [6.45, 7) is 21.0. The molecule has 8 aromatic heterocycles. The Bertz CT molecular complexity index is 7630. The van der Waals surface area contributed by atoms with Gasteiger partial charge in [0.25, 0.3) is 0 Å². The fourth-order valence-corrected chi connectivity index (χ4v) is 22.7. The van der Waals surface area contributed by atoms with Crippen molar-refractivity contribution >= 4 is 92.4 Å². The molecule has 24 rings (SSSR count). The van der Waals surface area contributed by atoms with Gasteiger partial charge in [0.2, 0.25) is 5.88 Å². The second-order valence-corrected chi connectivity index (χ2v) is 40.5. The Hall–Kier alpha value is -16.2. The third kappa shape index (κ3) is 20.3. The number of benzene rings is 6. The molecule has 4 saturated heterocycles. The van der Waals surface area contributed by atoms with Gasteiger partial charge in [-0.1, -0.05) is 98.6 Å². The summed E-state index contributed by atoms with van der Waals surface area (Å²) in [7, 11) is 12.0. The maximum absolute atomic E-state index is 5.53. The number of imidazole rings is 1. The van der Waals surface area contributed by atoms with Gasteiger partial charge in [-0.25, -0.2) is 49.8 Å². The zero-order valence-electron chi connectivity index (χ0n) is 86.7. The first kappa shape index (κ1) is 97.9. The summed E-state index contributed by atoms with van der Waals surface area (Å²) in [4.78, 5) is 73.8. The standard InChI is InChI=1S/C33H32N4O.C31H33N5O3.C31H33N5O2.C27H28N6/c1-5-23-6-8-24(9-7-23)26-18-29-30(19-26)34-21-35-32(29)37-16-14-33(3,15-17-37)31-20-28(22(2)36-31)25-10-12-27(38-4)13-11-25;1-19-29(22-8-9-27(38-3)28(17-22)39-4)35-30(34-19)20-10-12-36(13-11-20)31-25-15-23(16-26(25)32-18-33-31)21-6-5-7-24(14-21)37-2;1-20-25(21-5-7-24(37-3)8-6-21)18-28(35-20)31(2)10-13-36(14-11-31)30-26-15-23(16-27(26)33-19-34-30)22-9-12-32-29(17-22)38-4;1-18-12-24(31-26(18)20-6-4-3-5-7-20)19-8-10-33(11-9-19)27-23-13-21(14-25(23)28-17-29-27)22-15-30-32(2)16-22/h1,6-13,18,21H,14-17,19-20H2,2-4H3;5-9,14-15,17-18,20H,10-13,16H2,1-4H3,(H,34,35);5-9,12,15,17,19H,10-11,13-14,16,18H2,1-4H3;3-7,12-13,15-17,19,31H,8-11,14H2,1-2H3. The molecule has 0 atom stereocenters. The number of ether oxygens (including phenoxy) is 6. The third-order valence-electron chi connectivity index (χ3n) is 31.6. The van der Waals surface area contributed by atoms with Crippen molar-refractivity contribution in [1.82, 2.24) is 69.6 Å². The molecule has 0 saturated carbocycles. The highest BCUT2D eigenvalue weighted by Crippen LogP contribution is 2.49. The quantitative estimate of drug-likeness (QED) is 0.0597. The van der Waals surface area contributed by atoms with Crippen molar-refractivity contribution in [2.24, 2.45) is 27.9 Å². The SMILES string of the molecule is C#Cc1ccc(C2=Cc3c(ncnc3N3CCC(C)(C4=NC(C)=C(c5ccc(OC)cc5)C4)CC3)C2)cc1.COc1ccc(C2=C(C)N=C(C3(C)CCN(c4ncnc5c4C=C(c4ccnc(OC)c4)C5)CC3)C2)cc1.COc1cccc(C2=Cc3c(ncnc3N3CCC(c4nc(-c5ccc(OC)c(OC)c5)c(C)[nH]4)CC3)C2)c1.Cc1cc(C2CCN(c3ncnc4c3C=C(c3cnn(C)c3)C4)CC2)[nH]c1-c1ccccc1. The molecule has 0 bridgehead atoms. The summed E-state index contributed by atoms with van der Waals surface area (Å²) in [6.07, 6.45) is 40.7. The number of allylic oxidation sites excluding steroid dienone is 8. The molecule has 14 aromatic rings. The van der Waals surface area contributed by atoms with Crippen LogP contribution >= 0.6 is 0 Å². The van der Waals surface area contributed by atoms with Crippen LogP contribution in [-0.2, 0) is 32.7 Å². The van der Waals surface area contributed by atoms with Gasteiger partial charge in [-0.2, -0.15) is 5.10 Å². The lowest BCUT2D eigenvalue weighted by Gasteiger charge is -2.40. The van der Waals surface area contributed by atoms with Gasteiger partial charge < -0.3 is 58.0 Å². The van der Waals surface area contributed by atoms with Crippen LogP contribution in [0.3, 0.4) is 0 Å². The smallest absolute Gasteiger partial charge is 0.213 e. The first-order chi connectivity index (χ1) is 72.2. The van der Waals surface area contributed by atoms with Crippen LogP contribution in [0.5, 0.6) is 34.6 Å². The fraction of sp³-hybridized carbons (Fsp3) is 0.320. The first-order valence-corrected chi connectivity index (χ1v) is 51.4. The summed E-state index contributed by atoms with van der Waals surface area (Å²) < 4.78 is 34.2. The van der Waals surface area contributed by atoms with E-state index in [-0.39, 0.29) is 10.8 Å². The molecule has 148 heavy (non-hydrogen) atoms. The van der Waals surface area contributed by atoms with E-state index in [2.05, 4.69) is 222 Å². The zero-order chi connectivity index (χ0) is 102. The van der Waals surface area contributed by atoms with Gasteiger partial charge in [0.1, 0.15) is 71.7 Å². The second kappa shape index (κ2) is 42.5. The van der Waals surface area contributed by atoms with E-state index < -0.39 is 0 Å². The minimum absolute atomic E-state index is 0.0801. The van der Waals surface area contributed by atoms with Crippen molar-refractivity contribution in [3.63, 3.8) is 0 Å². The average molecular weight is 1970 g/mol. The van der Waals surface area contributed by atoms with E-state index in [0.29, 0.717) is 29.2 Å². The van der Waals surface area contributed by atoms with E-state index in [9.17, 15) is 0 Å². The zero-order valence-corrected chi connectivity index (χ0v) is 86.7. The maximum Gasteiger partial charge on any atom is 0.213 e. The van der Waals surface area contributed by atoms with Crippen LogP contribution in [0, 0.1) is 37.0 Å². The highest BCUT2D eigenvalue weighted by Gasteiger charge is 2.42. The second-order valence-electron chi connectivity index (χ2n) is 40.5. The van der Waals surface area contributed by atoms with E-state index in [0.717, 1.165) is 279 Å². The van der Waals surface area contributed by atoms with E-state index in [1.54, 1.807) is 74.2 Å². The van der Waals surface area contributed by atoms with Gasteiger partial charge in [-0.3, -0.25) is 14.7 Å². The molecular weight excluding hydrogens is 1840 g/mol. The lowest BCUT2D eigenvalue weighted by molar-refractivity contribution is 0.351. The monoisotopic (exact) mass is 1970 g/mol. The molecule has 2 N–H and O–H groups in total. The van der Waals surface area contributed by atoms with Crippen molar-refractivity contribution in [2.75, 3.05) is 115 Å². The minimum Gasteiger partial charge on any atom is -0.497 e. The number of methoxy groups -OCH3 is 6. The number of hydrogen-bond acceptors (Lipinski definition) is 23. The molecular formula is C122H126N20O6. The summed E-state index contributed by atoms with van der Waals surface area (Å²) >= 11 is 0. The Balaban J connectivity index is 0.000000116. The molecule has 0 radical (unpaired) electrons. The number of piperidine rings is 4. The Kier molecular flexibility index (Phi) is 28.1. The minimum atomic E-state index is 0.0801. The number of aromatic nitrogens is 14. The van der Waals surface area contributed by atoms with Crippen LogP contribution in [0.25, 0.3) is 80.3 Å². The van der Waals surface area contributed by atoms with E-state index in [1.165, 1.54) is 89.6 Å². The predicted molar refractivity (Wildman–Crippen MR) is 591 cm³/mol. The van der Waals surface area contributed by atoms with Crippen LogP contribution in [0.15, 0.2) is 229 Å². The van der Waals surface area contributed by atoms with Gasteiger partial charge in [-0.05, 0) is 255 Å². The van der Waals surface area contributed by atoms with Crippen molar-refractivity contribution in [2.45, 2.75) is 143 Å². The number of anilines is 4. The van der Waals surface area contributed by atoms with Crippen molar-refractivity contribution < 1.29 is 28.4 Å². The summed E-state index contributed by atoms with van der Waals surface area (Å²) in [5, 5.41) is 4.33. The topological polar surface area (TPSA) is 271 Å². The molecule has 6 aliphatic heterocycles. The van der Waals surface area contributed by atoms with Crippen molar-refractivity contribution in [3.05, 3.63) is 326 Å². The molecule has 4 aliphatic carbocycles. The summed E-state index contributed by atoms with van der Waals surface area (Å²) in [5.41, 5.74) is 37.9. The average Bonchev–Trinajstić information content (AvgIpc) is 1.62. The highest BCUT2D eigenvalue weighted by molar-refractivity contribution is 6.05. The highest BCUT2D eigenvalue weighted by atomic mass is 16.5. The number of H-pyrrole nitrogens is 2. The third-order valence-corrected chi connectivity index (χ3v) is 31.6. The summed E-state index contributed by atoms with van der Waals surface area (Å²) in [5.74, 6) is 13.5. The molecule has 26 nitrogen and oxygen atoms in total. The van der Waals surface area contributed by atoms with Crippen LogP contribution in [0.4, 0.5) is 23.3 Å². The number of pyridine rings is 1. The molecule has 0 spiro atoms. The van der Waals surface area contributed by atoms with Gasteiger partial charge >= 0.3 is 0 Å². The summed E-state index contributed by atoms with van der Waals surface area (Å²) in [6, 6.07) is 56.0. The van der Waals surface area contributed by atoms with Crippen molar-refractivity contribution in [3.8, 4) is 69.5 Å². The van der Waals surface area contributed by atoms with Gasteiger partial charge in [0.05, 0.1) is 77.3 Å². The number of hydrogen-bond donors (Lipinski definition) is 2.